The van der Waals surface area contributed by atoms with Crippen molar-refractivity contribution in [3.63, 3.8) is 0 Å². The first-order valence-electron chi connectivity index (χ1n) is 7.42. The zero-order valence-corrected chi connectivity index (χ0v) is 14.9. The number of nitrogens with zero attached hydrogens (tertiary/aromatic N) is 2. The first kappa shape index (κ1) is 16.7. The summed E-state index contributed by atoms with van der Waals surface area (Å²) in [5.74, 6) is 0.262. The molecule has 124 valence electrons. The van der Waals surface area contributed by atoms with Crippen LogP contribution in [-0.4, -0.2) is 22.6 Å². The molecule has 0 bridgehead atoms. The van der Waals surface area contributed by atoms with Crippen molar-refractivity contribution in [2.45, 2.75) is 24.4 Å². The Bertz CT molecular complexity index is 946. The fourth-order valence-corrected chi connectivity index (χ4v) is 4.15. The smallest absolute Gasteiger partial charge is 0.337 e. The summed E-state index contributed by atoms with van der Waals surface area (Å²) < 4.78 is 7.12. The molecule has 0 aliphatic carbocycles. The topological polar surface area (TPSA) is 61.2 Å². The molecule has 0 N–H and O–H groups in total. The number of benzene rings is 1. The van der Waals surface area contributed by atoms with Crippen LogP contribution in [0.2, 0.25) is 0 Å². The van der Waals surface area contributed by atoms with Gasteiger partial charge in [0.1, 0.15) is 4.70 Å². The number of hydrogen-bond acceptors (Lipinski definition) is 6. The van der Waals surface area contributed by atoms with Crippen molar-refractivity contribution in [3.8, 4) is 0 Å². The Morgan fingerprint density at radius 1 is 1.38 bits per heavy atom. The number of thiophene rings is 1. The second kappa shape index (κ2) is 7.19. The van der Waals surface area contributed by atoms with Gasteiger partial charge in [0, 0.05) is 12.3 Å². The first-order valence-corrected chi connectivity index (χ1v) is 9.28. The van der Waals surface area contributed by atoms with Crippen LogP contribution in [0.1, 0.15) is 22.8 Å². The van der Waals surface area contributed by atoms with E-state index in [2.05, 4.69) is 4.98 Å². The van der Waals surface area contributed by atoms with Crippen molar-refractivity contribution >= 4 is 39.3 Å². The van der Waals surface area contributed by atoms with Gasteiger partial charge in [0.25, 0.3) is 5.56 Å². The van der Waals surface area contributed by atoms with E-state index in [1.54, 1.807) is 16.7 Å². The number of esters is 1. The maximum atomic E-state index is 12.5. The van der Waals surface area contributed by atoms with Gasteiger partial charge in [-0.05, 0) is 36.1 Å². The molecule has 0 amide bonds. The Labute approximate surface area is 147 Å². The molecule has 2 aromatic heterocycles. The number of aromatic nitrogens is 2. The van der Waals surface area contributed by atoms with Crippen LogP contribution in [-0.2, 0) is 17.0 Å². The van der Waals surface area contributed by atoms with E-state index in [9.17, 15) is 9.59 Å². The maximum Gasteiger partial charge on any atom is 0.337 e. The zero-order chi connectivity index (χ0) is 17.1. The Hall–Kier alpha value is -2.12. The van der Waals surface area contributed by atoms with E-state index in [0.29, 0.717) is 27.7 Å². The van der Waals surface area contributed by atoms with E-state index in [1.165, 1.54) is 30.2 Å². The monoisotopic (exact) mass is 360 g/mol. The van der Waals surface area contributed by atoms with Crippen LogP contribution in [0.4, 0.5) is 0 Å². The van der Waals surface area contributed by atoms with Gasteiger partial charge in [-0.2, -0.15) is 0 Å². The predicted molar refractivity (Wildman–Crippen MR) is 96.9 cm³/mol. The van der Waals surface area contributed by atoms with Crippen LogP contribution in [0.25, 0.3) is 10.2 Å². The molecule has 3 aromatic rings. The van der Waals surface area contributed by atoms with Crippen LogP contribution < -0.4 is 5.56 Å². The van der Waals surface area contributed by atoms with E-state index >= 15 is 0 Å². The molecule has 0 unspecified atom stereocenters. The molecular formula is C17H16N2O3S2. The second-order valence-corrected chi connectivity index (χ2v) is 6.92. The predicted octanol–water partition coefficient (Wildman–Crippen LogP) is 3.56. The molecule has 0 aliphatic heterocycles. The minimum atomic E-state index is -0.356. The van der Waals surface area contributed by atoms with Crippen LogP contribution in [0.3, 0.4) is 0 Å². The van der Waals surface area contributed by atoms with Crippen LogP contribution in [0, 0.1) is 0 Å². The number of rotatable bonds is 5. The van der Waals surface area contributed by atoms with Crippen LogP contribution >= 0.6 is 23.1 Å². The minimum Gasteiger partial charge on any atom is -0.465 e. The summed E-state index contributed by atoms with van der Waals surface area (Å²) in [7, 11) is 1.36. The lowest BCUT2D eigenvalue weighted by Gasteiger charge is -2.10. The van der Waals surface area contributed by atoms with Gasteiger partial charge in [-0.3, -0.25) is 9.36 Å². The molecular weight excluding hydrogens is 344 g/mol. The summed E-state index contributed by atoms with van der Waals surface area (Å²) in [4.78, 5) is 28.7. The number of methoxy groups -OCH3 is 1. The van der Waals surface area contributed by atoms with Crippen LogP contribution in [0.15, 0.2) is 45.7 Å². The van der Waals surface area contributed by atoms with Gasteiger partial charge in [-0.15, -0.1) is 11.3 Å². The molecule has 0 aliphatic rings. The maximum absolute atomic E-state index is 12.5. The van der Waals surface area contributed by atoms with E-state index in [0.717, 1.165) is 11.1 Å². The molecule has 24 heavy (non-hydrogen) atoms. The lowest BCUT2D eigenvalue weighted by molar-refractivity contribution is 0.0600. The van der Waals surface area contributed by atoms with Crippen LogP contribution in [0.5, 0.6) is 0 Å². The SMILES string of the molecule is CCn1c(SCc2cccc(C(=O)OC)c2)nc2ccsc2c1=O. The minimum absolute atomic E-state index is 0.00307. The van der Waals surface area contributed by atoms with E-state index in [-0.39, 0.29) is 11.5 Å². The molecule has 0 radical (unpaired) electrons. The number of thioether (sulfide) groups is 1. The molecule has 3 rings (SSSR count). The van der Waals surface area contributed by atoms with Gasteiger partial charge in [-0.1, -0.05) is 23.9 Å². The average Bonchev–Trinajstić information content (AvgIpc) is 3.08. The van der Waals surface area contributed by atoms with Gasteiger partial charge in [0.2, 0.25) is 0 Å². The highest BCUT2D eigenvalue weighted by molar-refractivity contribution is 7.98. The van der Waals surface area contributed by atoms with Crippen molar-refractivity contribution in [2.24, 2.45) is 0 Å². The fraction of sp³-hybridized carbons (Fsp3) is 0.235. The Balaban J connectivity index is 1.88. The Morgan fingerprint density at radius 2 is 2.21 bits per heavy atom. The van der Waals surface area contributed by atoms with E-state index in [1.807, 2.05) is 30.5 Å². The number of fused-ring (bicyclic) bond motifs is 1. The normalized spacial score (nSPS) is 10.9. The first-order chi connectivity index (χ1) is 11.6. The summed E-state index contributed by atoms with van der Waals surface area (Å²) in [6, 6.07) is 9.15. The highest BCUT2D eigenvalue weighted by Gasteiger charge is 2.12. The fourth-order valence-electron chi connectivity index (χ4n) is 2.37. The van der Waals surface area contributed by atoms with Crippen molar-refractivity contribution in [3.05, 3.63) is 57.2 Å². The molecule has 0 saturated carbocycles. The standard InChI is InChI=1S/C17H16N2O3S2/c1-3-19-15(20)14-13(7-8-23-14)18-17(19)24-10-11-5-4-6-12(9-11)16(21)22-2/h4-9H,3,10H2,1-2H3. The van der Waals surface area contributed by atoms with Crippen molar-refractivity contribution in [1.29, 1.82) is 0 Å². The molecule has 2 heterocycles. The lowest BCUT2D eigenvalue weighted by atomic mass is 10.1. The summed E-state index contributed by atoms with van der Waals surface area (Å²) in [6.45, 7) is 2.51. The van der Waals surface area contributed by atoms with E-state index in [4.69, 9.17) is 4.74 Å². The molecule has 0 fully saturated rings. The largest absolute Gasteiger partial charge is 0.465 e. The number of carbonyl (C=O) groups excluding carboxylic acids is 1. The van der Waals surface area contributed by atoms with Crippen molar-refractivity contribution in [2.75, 3.05) is 7.11 Å². The summed E-state index contributed by atoms with van der Waals surface area (Å²) in [5.41, 5.74) is 2.23. The summed E-state index contributed by atoms with van der Waals surface area (Å²) >= 11 is 2.91. The summed E-state index contributed by atoms with van der Waals surface area (Å²) in [6.07, 6.45) is 0. The van der Waals surface area contributed by atoms with Gasteiger partial charge >= 0.3 is 5.97 Å². The quantitative estimate of drug-likeness (QED) is 0.395. The van der Waals surface area contributed by atoms with Gasteiger partial charge in [0.05, 0.1) is 18.2 Å². The molecule has 0 saturated heterocycles. The summed E-state index contributed by atoms with van der Waals surface area (Å²) in [5, 5.41) is 2.57. The number of carbonyl (C=O) groups is 1. The lowest BCUT2D eigenvalue weighted by Crippen LogP contribution is -2.21. The molecule has 7 heteroatoms. The highest BCUT2D eigenvalue weighted by Crippen LogP contribution is 2.24. The van der Waals surface area contributed by atoms with Crippen molar-refractivity contribution in [1.82, 2.24) is 9.55 Å². The number of hydrogen-bond donors (Lipinski definition) is 0. The number of ether oxygens (including phenoxy) is 1. The van der Waals surface area contributed by atoms with Gasteiger partial charge in [0.15, 0.2) is 5.16 Å². The van der Waals surface area contributed by atoms with Gasteiger partial charge < -0.3 is 4.74 Å². The third-order valence-corrected chi connectivity index (χ3v) is 5.50. The molecule has 0 atom stereocenters. The Morgan fingerprint density at radius 3 is 2.96 bits per heavy atom. The molecule has 0 spiro atoms. The van der Waals surface area contributed by atoms with Gasteiger partial charge in [-0.25, -0.2) is 9.78 Å². The second-order valence-electron chi connectivity index (χ2n) is 5.06. The molecule has 1 aromatic carbocycles. The highest BCUT2D eigenvalue weighted by atomic mass is 32.2. The third-order valence-electron chi connectivity index (χ3n) is 3.56. The Kier molecular flexibility index (Phi) is 5.01. The third kappa shape index (κ3) is 3.22. The van der Waals surface area contributed by atoms with E-state index < -0.39 is 0 Å². The zero-order valence-electron chi connectivity index (χ0n) is 13.3. The molecule has 5 nitrogen and oxygen atoms in total. The average molecular weight is 360 g/mol. The van der Waals surface area contributed by atoms with Crippen molar-refractivity contribution < 1.29 is 9.53 Å².